The van der Waals surface area contributed by atoms with Gasteiger partial charge in [0, 0.05) is 7.05 Å². The van der Waals surface area contributed by atoms with Gasteiger partial charge in [-0.25, -0.2) is 9.59 Å². The van der Waals surface area contributed by atoms with Gasteiger partial charge >= 0.3 is 12.1 Å². The molecule has 0 bridgehead atoms. The summed E-state index contributed by atoms with van der Waals surface area (Å²) in [6.07, 6.45) is -0.715. The lowest BCUT2D eigenvalue weighted by atomic mass is 10.2. The third kappa shape index (κ3) is 5.99. The maximum absolute atomic E-state index is 12.7. The molecule has 0 spiro atoms. The Hall–Kier alpha value is -3.42. The SMILES string of the molecule is CN(C(=O)OCc1ccccc1)[C@H](CO[Si](c1ccccc1)(c1ccccc1)C(C)(C)C)C(=O)O. The zero-order chi connectivity index (χ0) is 25.5. The maximum Gasteiger partial charge on any atom is 0.410 e. The van der Waals surface area contributed by atoms with Crippen LogP contribution in [0.4, 0.5) is 4.79 Å². The lowest BCUT2D eigenvalue weighted by molar-refractivity contribution is -0.143. The average molecular weight is 492 g/mol. The number of carbonyl (C=O) groups is 2. The minimum absolute atomic E-state index is 0.0614. The molecule has 1 amide bonds. The minimum Gasteiger partial charge on any atom is -0.480 e. The van der Waals surface area contributed by atoms with Gasteiger partial charge in [-0.3, -0.25) is 4.90 Å². The number of carboxylic acid groups (broad SMARTS) is 1. The number of carbonyl (C=O) groups excluding carboxylic acids is 1. The summed E-state index contributed by atoms with van der Waals surface area (Å²) in [4.78, 5) is 26.1. The lowest BCUT2D eigenvalue weighted by Crippen LogP contribution is -2.67. The van der Waals surface area contributed by atoms with Crippen LogP contribution in [-0.2, 0) is 20.6 Å². The van der Waals surface area contributed by atoms with Gasteiger partial charge in [0.15, 0.2) is 6.04 Å². The van der Waals surface area contributed by atoms with Crippen molar-refractivity contribution in [3.63, 3.8) is 0 Å². The fourth-order valence-corrected chi connectivity index (χ4v) is 8.83. The molecule has 0 radical (unpaired) electrons. The Morgan fingerprint density at radius 2 is 1.31 bits per heavy atom. The highest BCUT2D eigenvalue weighted by Crippen LogP contribution is 2.37. The first-order chi connectivity index (χ1) is 16.7. The highest BCUT2D eigenvalue weighted by molar-refractivity contribution is 6.99. The summed E-state index contributed by atoms with van der Waals surface area (Å²) >= 11 is 0. The van der Waals surface area contributed by atoms with E-state index < -0.39 is 26.4 Å². The lowest BCUT2D eigenvalue weighted by Gasteiger charge is -2.43. The van der Waals surface area contributed by atoms with E-state index in [1.807, 2.05) is 91.0 Å². The highest BCUT2D eigenvalue weighted by atomic mass is 28.4. The van der Waals surface area contributed by atoms with Gasteiger partial charge in [-0.2, -0.15) is 0 Å². The molecule has 7 heteroatoms. The summed E-state index contributed by atoms with van der Waals surface area (Å²) in [6.45, 7) is 6.25. The molecule has 0 aromatic heterocycles. The number of benzene rings is 3. The van der Waals surface area contributed by atoms with Crippen LogP contribution in [0.1, 0.15) is 26.3 Å². The molecule has 35 heavy (non-hydrogen) atoms. The van der Waals surface area contributed by atoms with E-state index >= 15 is 0 Å². The molecule has 0 heterocycles. The van der Waals surface area contributed by atoms with Crippen LogP contribution in [0.2, 0.25) is 5.04 Å². The molecule has 3 aromatic rings. The molecule has 0 aliphatic heterocycles. The summed E-state index contributed by atoms with van der Waals surface area (Å²) in [7, 11) is -1.52. The molecular formula is C28H33NO5Si. The summed E-state index contributed by atoms with van der Waals surface area (Å²) in [5.74, 6) is -1.15. The first-order valence-corrected chi connectivity index (χ1v) is 13.5. The van der Waals surface area contributed by atoms with Crippen LogP contribution in [-0.4, -0.2) is 50.1 Å². The topological polar surface area (TPSA) is 76.1 Å². The van der Waals surface area contributed by atoms with E-state index in [-0.39, 0.29) is 18.3 Å². The normalized spacial score (nSPS) is 12.6. The monoisotopic (exact) mass is 491 g/mol. The predicted octanol–water partition coefficient (Wildman–Crippen LogP) is 4.28. The summed E-state index contributed by atoms with van der Waals surface area (Å²) in [6, 6.07) is 28.0. The van der Waals surface area contributed by atoms with Crippen LogP contribution in [0.25, 0.3) is 0 Å². The minimum atomic E-state index is -2.95. The second-order valence-corrected chi connectivity index (χ2v) is 13.8. The average Bonchev–Trinajstić information content (AvgIpc) is 2.85. The Labute approximate surface area is 208 Å². The summed E-state index contributed by atoms with van der Waals surface area (Å²) < 4.78 is 12.1. The molecule has 1 N–H and O–H groups in total. The van der Waals surface area contributed by atoms with E-state index in [9.17, 15) is 14.7 Å². The number of hydrogen-bond donors (Lipinski definition) is 1. The molecule has 0 aliphatic rings. The third-order valence-electron chi connectivity index (χ3n) is 6.12. The first kappa shape index (κ1) is 26.2. The van der Waals surface area contributed by atoms with Crippen molar-refractivity contribution in [3.05, 3.63) is 96.6 Å². The Bertz CT molecular complexity index is 1060. The standard InChI is InChI=1S/C28H33NO5Si/c1-28(2,3)35(23-16-10-6-11-17-23,24-18-12-7-13-19-24)34-21-25(26(30)31)29(4)27(32)33-20-22-14-8-5-9-15-22/h5-19,25H,20-21H2,1-4H3,(H,30,31)/t25-/m1/s1. The van der Waals surface area contributed by atoms with Gasteiger partial charge in [0.2, 0.25) is 0 Å². The van der Waals surface area contributed by atoms with Gasteiger partial charge in [-0.15, -0.1) is 0 Å². The third-order valence-corrected chi connectivity index (χ3v) is 11.1. The molecule has 1 atom stereocenters. The largest absolute Gasteiger partial charge is 0.480 e. The van der Waals surface area contributed by atoms with Crippen LogP contribution < -0.4 is 10.4 Å². The van der Waals surface area contributed by atoms with Gasteiger partial charge in [0.25, 0.3) is 8.32 Å². The molecule has 6 nitrogen and oxygen atoms in total. The number of likely N-dealkylation sites (N-methyl/N-ethyl adjacent to an activating group) is 1. The summed E-state index contributed by atoms with van der Waals surface area (Å²) in [5, 5.41) is 11.8. The van der Waals surface area contributed by atoms with Crippen molar-refractivity contribution in [2.24, 2.45) is 0 Å². The number of carboxylic acids is 1. The van der Waals surface area contributed by atoms with E-state index in [4.69, 9.17) is 9.16 Å². The highest BCUT2D eigenvalue weighted by Gasteiger charge is 2.51. The second-order valence-electron chi connectivity index (χ2n) is 9.48. The fourth-order valence-electron chi connectivity index (χ4n) is 4.26. The fraction of sp³-hybridized carbons (Fsp3) is 0.286. The van der Waals surface area contributed by atoms with Crippen LogP contribution in [0, 0.1) is 0 Å². The van der Waals surface area contributed by atoms with Crippen molar-refractivity contribution in [1.29, 1.82) is 0 Å². The number of hydrogen-bond acceptors (Lipinski definition) is 4. The smallest absolute Gasteiger partial charge is 0.410 e. The van der Waals surface area contributed by atoms with Crippen LogP contribution in [0.3, 0.4) is 0 Å². The first-order valence-electron chi connectivity index (χ1n) is 11.6. The Morgan fingerprint density at radius 1 is 0.857 bits per heavy atom. The van der Waals surface area contributed by atoms with Crippen molar-refractivity contribution >= 4 is 30.8 Å². The van der Waals surface area contributed by atoms with Gasteiger partial charge in [0.05, 0.1) is 6.61 Å². The van der Waals surface area contributed by atoms with E-state index in [1.165, 1.54) is 7.05 Å². The predicted molar refractivity (Wildman–Crippen MR) is 139 cm³/mol. The Morgan fingerprint density at radius 3 is 1.74 bits per heavy atom. The number of rotatable bonds is 9. The molecular weight excluding hydrogens is 458 g/mol. The van der Waals surface area contributed by atoms with E-state index in [2.05, 4.69) is 20.8 Å². The molecule has 184 valence electrons. The molecule has 0 saturated carbocycles. The molecule has 3 rings (SSSR count). The zero-order valence-corrected chi connectivity index (χ0v) is 21.7. The maximum atomic E-state index is 12.7. The van der Waals surface area contributed by atoms with E-state index in [0.717, 1.165) is 20.8 Å². The van der Waals surface area contributed by atoms with Gasteiger partial charge in [-0.1, -0.05) is 112 Å². The Balaban J connectivity index is 1.89. The molecule has 0 aliphatic carbocycles. The number of aliphatic carboxylic acids is 1. The van der Waals surface area contributed by atoms with E-state index in [0.29, 0.717) is 0 Å². The molecule has 0 fully saturated rings. The number of amides is 1. The van der Waals surface area contributed by atoms with Crippen molar-refractivity contribution in [2.45, 2.75) is 38.5 Å². The second kappa shape index (κ2) is 11.3. The van der Waals surface area contributed by atoms with Gasteiger partial charge < -0.3 is 14.3 Å². The van der Waals surface area contributed by atoms with Crippen molar-refractivity contribution in [1.82, 2.24) is 4.90 Å². The van der Waals surface area contributed by atoms with Crippen LogP contribution >= 0.6 is 0 Å². The molecule has 0 saturated heterocycles. The molecule has 3 aromatic carbocycles. The van der Waals surface area contributed by atoms with Crippen LogP contribution in [0.15, 0.2) is 91.0 Å². The number of ether oxygens (including phenoxy) is 1. The van der Waals surface area contributed by atoms with Gasteiger partial charge in [0.1, 0.15) is 6.61 Å². The summed E-state index contributed by atoms with van der Waals surface area (Å²) in [5.41, 5.74) is 0.824. The van der Waals surface area contributed by atoms with E-state index in [1.54, 1.807) is 0 Å². The van der Waals surface area contributed by atoms with Crippen molar-refractivity contribution in [3.8, 4) is 0 Å². The molecule has 0 unspecified atom stereocenters. The van der Waals surface area contributed by atoms with Crippen molar-refractivity contribution in [2.75, 3.05) is 13.7 Å². The van der Waals surface area contributed by atoms with Gasteiger partial charge in [-0.05, 0) is 21.0 Å². The quantitative estimate of drug-likeness (QED) is 0.452. The zero-order valence-electron chi connectivity index (χ0n) is 20.7. The van der Waals surface area contributed by atoms with Crippen LogP contribution in [0.5, 0.6) is 0 Å². The van der Waals surface area contributed by atoms with Crippen molar-refractivity contribution < 1.29 is 23.9 Å². The number of nitrogens with zero attached hydrogens (tertiary/aromatic N) is 1. The Kier molecular flexibility index (Phi) is 8.48.